The maximum atomic E-state index is 11.3. The van der Waals surface area contributed by atoms with Gasteiger partial charge in [0.1, 0.15) is 6.61 Å². The van der Waals surface area contributed by atoms with E-state index in [2.05, 4.69) is 9.56 Å². The van der Waals surface area contributed by atoms with E-state index in [0.717, 1.165) is 22.3 Å². The third-order valence-electron chi connectivity index (χ3n) is 3.34. The summed E-state index contributed by atoms with van der Waals surface area (Å²) < 4.78 is 7.93. The molecule has 2 aromatic rings. The van der Waals surface area contributed by atoms with E-state index in [9.17, 15) is 4.79 Å². The highest BCUT2D eigenvalue weighted by Gasteiger charge is 2.18. The first-order chi connectivity index (χ1) is 8.83. The second-order valence-electron chi connectivity index (χ2n) is 4.42. The summed E-state index contributed by atoms with van der Waals surface area (Å²) in [7, 11) is 0. The van der Waals surface area contributed by atoms with Crippen LogP contribution in [-0.4, -0.2) is 10.5 Å². The molecule has 0 unspecified atom stereocenters. The smallest absolute Gasteiger partial charge is 0.250 e. The standard InChI is InChI=1S/C14H10N2O2/c17-13-6-3-10-11(15-13)4-5-12-14(10)18-8-9-2-1-7-16(9)12/h1-5,7H,6,8H2. The first-order valence-electron chi connectivity index (χ1n) is 5.87. The average molecular weight is 238 g/mol. The maximum absolute atomic E-state index is 11.3. The average Bonchev–Trinajstić information content (AvgIpc) is 2.86. The summed E-state index contributed by atoms with van der Waals surface area (Å²) >= 11 is 0. The Labute approximate surface area is 103 Å². The molecule has 1 aromatic carbocycles. The maximum Gasteiger partial charge on any atom is 0.250 e. The fraction of sp³-hybridized carbons (Fsp3) is 0.143. The Kier molecular flexibility index (Phi) is 1.78. The van der Waals surface area contributed by atoms with Crippen molar-refractivity contribution >= 4 is 12.0 Å². The van der Waals surface area contributed by atoms with Crippen molar-refractivity contribution in [3.8, 4) is 11.4 Å². The molecular weight excluding hydrogens is 228 g/mol. The van der Waals surface area contributed by atoms with Crippen molar-refractivity contribution in [2.24, 2.45) is 4.99 Å². The van der Waals surface area contributed by atoms with Gasteiger partial charge in [-0.15, -0.1) is 0 Å². The molecule has 0 fully saturated rings. The zero-order chi connectivity index (χ0) is 12.1. The van der Waals surface area contributed by atoms with Gasteiger partial charge in [0, 0.05) is 17.8 Å². The van der Waals surface area contributed by atoms with Crippen LogP contribution in [0.2, 0.25) is 0 Å². The van der Waals surface area contributed by atoms with Crippen LogP contribution in [0.5, 0.6) is 5.75 Å². The molecule has 0 saturated heterocycles. The zero-order valence-corrected chi connectivity index (χ0v) is 9.59. The minimum atomic E-state index is -0.0973. The Morgan fingerprint density at radius 1 is 1.28 bits per heavy atom. The number of carbonyl (C=O) groups excluding carboxylic acids is 1. The van der Waals surface area contributed by atoms with Crippen molar-refractivity contribution < 1.29 is 9.53 Å². The van der Waals surface area contributed by atoms with E-state index in [1.165, 1.54) is 0 Å². The molecule has 3 heterocycles. The lowest BCUT2D eigenvalue weighted by atomic mass is 10.1. The number of benzene rings is 1. The number of rotatable bonds is 0. The van der Waals surface area contributed by atoms with Gasteiger partial charge in [0.15, 0.2) is 5.75 Å². The van der Waals surface area contributed by atoms with Crippen LogP contribution < -0.4 is 15.3 Å². The molecule has 0 aliphatic carbocycles. The lowest BCUT2D eigenvalue weighted by molar-refractivity contribution is -0.117. The van der Waals surface area contributed by atoms with Gasteiger partial charge in [0.25, 0.3) is 0 Å². The fourth-order valence-corrected chi connectivity index (χ4v) is 2.50. The third kappa shape index (κ3) is 1.20. The largest absolute Gasteiger partial charge is 0.484 e. The van der Waals surface area contributed by atoms with Crippen molar-refractivity contribution in [3.63, 3.8) is 0 Å². The molecule has 18 heavy (non-hydrogen) atoms. The van der Waals surface area contributed by atoms with Crippen molar-refractivity contribution in [1.29, 1.82) is 0 Å². The Balaban J connectivity index is 2.09. The molecule has 2 aliphatic heterocycles. The molecule has 0 atom stereocenters. The lowest BCUT2D eigenvalue weighted by Gasteiger charge is -2.21. The van der Waals surface area contributed by atoms with E-state index < -0.39 is 0 Å². The van der Waals surface area contributed by atoms with Crippen LogP contribution in [0.25, 0.3) is 11.8 Å². The lowest BCUT2D eigenvalue weighted by Crippen LogP contribution is -2.33. The number of amides is 1. The molecular formula is C14H10N2O2. The number of aromatic nitrogens is 1. The summed E-state index contributed by atoms with van der Waals surface area (Å²) in [5.74, 6) is 0.729. The van der Waals surface area contributed by atoms with Gasteiger partial charge in [-0.1, -0.05) is 6.08 Å². The van der Waals surface area contributed by atoms with E-state index in [4.69, 9.17) is 4.74 Å². The molecule has 0 spiro atoms. The molecule has 4 nitrogen and oxygen atoms in total. The molecule has 2 aliphatic rings. The normalized spacial score (nSPS) is 15.7. The Bertz CT molecular complexity index is 787. The van der Waals surface area contributed by atoms with Crippen LogP contribution in [0.4, 0.5) is 0 Å². The van der Waals surface area contributed by atoms with Gasteiger partial charge in [0.05, 0.1) is 16.7 Å². The van der Waals surface area contributed by atoms with Crippen LogP contribution in [0.3, 0.4) is 0 Å². The van der Waals surface area contributed by atoms with Crippen molar-refractivity contribution in [2.45, 2.75) is 13.0 Å². The summed E-state index contributed by atoms with van der Waals surface area (Å²) in [6.45, 7) is 0.554. The monoisotopic (exact) mass is 238 g/mol. The van der Waals surface area contributed by atoms with Gasteiger partial charge in [-0.3, -0.25) is 4.79 Å². The highest BCUT2D eigenvalue weighted by molar-refractivity contribution is 5.83. The Hall–Kier alpha value is -2.36. The summed E-state index contributed by atoms with van der Waals surface area (Å²) in [4.78, 5) is 15.3. The number of hydrogen-bond donors (Lipinski definition) is 0. The number of hydrogen-bond acceptors (Lipinski definition) is 2. The summed E-state index contributed by atoms with van der Waals surface area (Å²) in [5.41, 5.74) is 2.15. The van der Waals surface area contributed by atoms with Gasteiger partial charge in [-0.25, -0.2) is 4.99 Å². The van der Waals surface area contributed by atoms with Crippen molar-refractivity contribution in [3.05, 3.63) is 46.7 Å². The predicted molar refractivity (Wildman–Crippen MR) is 65.0 cm³/mol. The molecule has 0 bridgehead atoms. The van der Waals surface area contributed by atoms with E-state index in [1.807, 2.05) is 36.5 Å². The van der Waals surface area contributed by atoms with Crippen molar-refractivity contribution in [2.75, 3.05) is 0 Å². The minimum Gasteiger partial charge on any atom is -0.484 e. The van der Waals surface area contributed by atoms with Crippen LogP contribution in [0.15, 0.2) is 35.5 Å². The molecule has 0 N–H and O–H groups in total. The van der Waals surface area contributed by atoms with Crippen LogP contribution in [0.1, 0.15) is 12.1 Å². The van der Waals surface area contributed by atoms with Gasteiger partial charge in [-0.05, 0) is 24.3 Å². The van der Waals surface area contributed by atoms with E-state index >= 15 is 0 Å². The number of fused-ring (bicyclic) bond motifs is 5. The van der Waals surface area contributed by atoms with E-state index in [-0.39, 0.29) is 5.91 Å². The number of nitrogens with zero attached hydrogens (tertiary/aromatic N) is 2. The van der Waals surface area contributed by atoms with Crippen molar-refractivity contribution in [1.82, 2.24) is 4.57 Å². The van der Waals surface area contributed by atoms with Crippen LogP contribution >= 0.6 is 0 Å². The quantitative estimate of drug-likeness (QED) is 0.678. The molecule has 1 aromatic heterocycles. The molecule has 1 amide bonds. The molecule has 4 heteroatoms. The summed E-state index contributed by atoms with van der Waals surface area (Å²) in [6, 6.07) is 7.87. The predicted octanol–water partition coefficient (Wildman–Crippen LogP) is 0.700. The molecule has 0 saturated carbocycles. The SMILES string of the molecule is O=C1CC=c2c3c(ccc2=N1)-n1cccc1CO3. The summed E-state index contributed by atoms with van der Waals surface area (Å²) in [5, 5.41) is 1.65. The number of ether oxygens (including phenoxy) is 1. The molecule has 4 rings (SSSR count). The van der Waals surface area contributed by atoms with E-state index in [0.29, 0.717) is 18.4 Å². The first-order valence-corrected chi connectivity index (χ1v) is 5.87. The minimum absolute atomic E-state index is 0.0973. The third-order valence-corrected chi connectivity index (χ3v) is 3.34. The highest BCUT2D eigenvalue weighted by atomic mass is 16.5. The summed E-state index contributed by atoms with van der Waals surface area (Å²) in [6.07, 6.45) is 4.28. The Morgan fingerprint density at radius 2 is 2.22 bits per heavy atom. The van der Waals surface area contributed by atoms with Gasteiger partial charge in [0.2, 0.25) is 5.91 Å². The Morgan fingerprint density at radius 3 is 3.17 bits per heavy atom. The molecule has 88 valence electrons. The second-order valence-corrected chi connectivity index (χ2v) is 4.42. The fourth-order valence-electron chi connectivity index (χ4n) is 2.50. The highest BCUT2D eigenvalue weighted by Crippen LogP contribution is 2.26. The second kappa shape index (κ2) is 3.32. The topological polar surface area (TPSA) is 43.6 Å². The first kappa shape index (κ1) is 9.65. The van der Waals surface area contributed by atoms with Crippen LogP contribution in [-0.2, 0) is 11.4 Å². The number of carbonyl (C=O) groups is 1. The molecule has 0 radical (unpaired) electrons. The van der Waals surface area contributed by atoms with Gasteiger partial charge < -0.3 is 9.30 Å². The zero-order valence-electron chi connectivity index (χ0n) is 9.59. The van der Waals surface area contributed by atoms with Gasteiger partial charge in [-0.2, -0.15) is 0 Å². The van der Waals surface area contributed by atoms with Crippen LogP contribution in [0, 0.1) is 0 Å². The van der Waals surface area contributed by atoms with E-state index in [1.54, 1.807) is 0 Å². The van der Waals surface area contributed by atoms with Gasteiger partial charge >= 0.3 is 0 Å².